The van der Waals surface area contributed by atoms with E-state index in [1.165, 1.54) is 53.4 Å². The number of carbonyl (C=O) groups excluding carboxylic acids is 1. The predicted molar refractivity (Wildman–Crippen MR) is 126 cm³/mol. The van der Waals surface area contributed by atoms with Crippen molar-refractivity contribution in [3.8, 4) is 45.9 Å². The van der Waals surface area contributed by atoms with Gasteiger partial charge in [-0.15, -0.1) is 0 Å². The fourth-order valence-corrected chi connectivity index (χ4v) is 3.32. The molecule has 11 nitrogen and oxygen atoms in total. The van der Waals surface area contributed by atoms with Crippen LogP contribution < -0.4 is 28.4 Å². The van der Waals surface area contributed by atoms with Crippen LogP contribution in [0.2, 0.25) is 0 Å². The summed E-state index contributed by atoms with van der Waals surface area (Å²) in [7, 11) is 7.48. The van der Waals surface area contributed by atoms with Crippen LogP contribution in [0.5, 0.6) is 34.5 Å². The minimum atomic E-state index is -0.502. The maximum absolute atomic E-state index is 11.4. The SMILES string of the molecule is COc1cc(-c2n[nH]c(=S)n2N=Cc2cc(OC)c(OC(C)=O)c(OC)c2)cc(OC)c1OC. The molecule has 1 N–H and O–H groups in total. The van der Waals surface area contributed by atoms with Gasteiger partial charge in [-0.05, 0) is 36.5 Å². The summed E-state index contributed by atoms with van der Waals surface area (Å²) in [6.07, 6.45) is 1.54. The average Bonchev–Trinajstić information content (AvgIpc) is 3.21. The number of nitrogens with one attached hydrogen (secondary N) is 1. The number of nitrogens with zero attached hydrogens (tertiary/aromatic N) is 3. The van der Waals surface area contributed by atoms with Gasteiger partial charge in [-0.1, -0.05) is 0 Å². The summed E-state index contributed by atoms with van der Waals surface area (Å²) in [6, 6.07) is 6.76. The van der Waals surface area contributed by atoms with Gasteiger partial charge in [0.1, 0.15) is 0 Å². The van der Waals surface area contributed by atoms with Crippen molar-refractivity contribution in [1.82, 2.24) is 14.9 Å². The first-order chi connectivity index (χ1) is 16.4. The molecule has 0 saturated carbocycles. The first-order valence-electron chi connectivity index (χ1n) is 9.83. The van der Waals surface area contributed by atoms with E-state index in [1.54, 1.807) is 24.3 Å². The molecule has 0 aliphatic heterocycles. The van der Waals surface area contributed by atoms with E-state index in [1.807, 2.05) is 0 Å². The lowest BCUT2D eigenvalue weighted by atomic mass is 10.1. The maximum atomic E-state index is 11.4. The van der Waals surface area contributed by atoms with Crippen LogP contribution in [-0.4, -0.2) is 62.6 Å². The van der Waals surface area contributed by atoms with Gasteiger partial charge in [-0.25, -0.2) is 5.10 Å². The average molecular weight is 489 g/mol. The summed E-state index contributed by atoms with van der Waals surface area (Å²) in [5.41, 5.74) is 1.22. The first kappa shape index (κ1) is 24.6. The minimum Gasteiger partial charge on any atom is -0.493 e. The van der Waals surface area contributed by atoms with Crippen molar-refractivity contribution in [3.05, 3.63) is 34.6 Å². The monoisotopic (exact) mass is 488 g/mol. The van der Waals surface area contributed by atoms with Gasteiger partial charge in [0.25, 0.3) is 0 Å². The van der Waals surface area contributed by atoms with Crippen LogP contribution in [0.4, 0.5) is 0 Å². The van der Waals surface area contributed by atoms with Crippen molar-refractivity contribution in [2.24, 2.45) is 5.10 Å². The quantitative estimate of drug-likeness (QED) is 0.209. The van der Waals surface area contributed by atoms with Crippen LogP contribution in [0, 0.1) is 4.77 Å². The lowest BCUT2D eigenvalue weighted by molar-refractivity contribution is -0.132. The number of hydrogen-bond acceptors (Lipinski definition) is 10. The summed E-state index contributed by atoms with van der Waals surface area (Å²) >= 11 is 5.36. The fourth-order valence-electron chi connectivity index (χ4n) is 3.14. The van der Waals surface area contributed by atoms with E-state index in [4.69, 9.17) is 40.6 Å². The standard InChI is InChI=1S/C22H24N4O7S/c1-12(27)33-20-15(28-2)7-13(8-16(20)29-3)11-23-26-21(24-25-22(26)34)14-9-17(30-4)19(32-6)18(10-14)31-5/h7-11H,1-6H3,(H,25,34). The largest absolute Gasteiger partial charge is 0.493 e. The molecule has 0 fully saturated rings. The normalized spacial score (nSPS) is 10.8. The van der Waals surface area contributed by atoms with Crippen LogP contribution in [0.25, 0.3) is 11.4 Å². The smallest absolute Gasteiger partial charge is 0.308 e. The molecule has 12 heteroatoms. The second-order valence-corrected chi connectivity index (χ2v) is 7.06. The highest BCUT2D eigenvalue weighted by molar-refractivity contribution is 7.71. The van der Waals surface area contributed by atoms with Gasteiger partial charge in [-0.3, -0.25) is 4.79 Å². The van der Waals surface area contributed by atoms with E-state index in [9.17, 15) is 4.79 Å². The third-order valence-corrected chi connectivity index (χ3v) is 4.89. The van der Waals surface area contributed by atoms with Gasteiger partial charge in [0, 0.05) is 18.1 Å². The number of rotatable bonds is 9. The van der Waals surface area contributed by atoms with Gasteiger partial charge in [-0.2, -0.15) is 14.9 Å². The molecule has 3 rings (SSSR count). The summed E-state index contributed by atoms with van der Waals surface area (Å²) in [6.45, 7) is 1.29. The molecular formula is C22H24N4O7S. The molecular weight excluding hydrogens is 464 g/mol. The van der Waals surface area contributed by atoms with Gasteiger partial charge in [0.2, 0.25) is 16.3 Å². The van der Waals surface area contributed by atoms with Crippen LogP contribution in [0.3, 0.4) is 0 Å². The second-order valence-electron chi connectivity index (χ2n) is 6.67. The van der Waals surface area contributed by atoms with Crippen LogP contribution >= 0.6 is 12.2 Å². The van der Waals surface area contributed by atoms with E-state index in [0.717, 1.165) is 0 Å². The van der Waals surface area contributed by atoms with E-state index in [0.29, 0.717) is 45.7 Å². The molecule has 0 aliphatic carbocycles. The Morgan fingerprint density at radius 3 is 1.91 bits per heavy atom. The fraction of sp³-hybridized carbons (Fsp3) is 0.273. The Hall–Kier alpha value is -4.06. The molecule has 0 unspecified atom stereocenters. The minimum absolute atomic E-state index is 0.174. The lowest BCUT2D eigenvalue weighted by Crippen LogP contribution is -2.05. The third kappa shape index (κ3) is 4.96. The predicted octanol–water partition coefficient (Wildman–Crippen LogP) is 3.46. The second kappa shape index (κ2) is 10.7. The molecule has 1 heterocycles. The highest BCUT2D eigenvalue weighted by Gasteiger charge is 2.18. The Balaban J connectivity index is 2.07. The molecule has 0 aliphatic rings. The van der Waals surface area contributed by atoms with Crippen LogP contribution in [0.15, 0.2) is 29.4 Å². The number of aromatic amines is 1. The topological polar surface area (TPSA) is 118 Å². The van der Waals surface area contributed by atoms with Crippen LogP contribution in [0.1, 0.15) is 12.5 Å². The number of benzene rings is 2. The first-order valence-corrected chi connectivity index (χ1v) is 10.2. The number of esters is 1. The van der Waals surface area contributed by atoms with Gasteiger partial charge in [0.05, 0.1) is 41.8 Å². The Morgan fingerprint density at radius 1 is 0.912 bits per heavy atom. The van der Waals surface area contributed by atoms with Crippen molar-refractivity contribution in [2.45, 2.75) is 6.92 Å². The summed E-state index contributed by atoms with van der Waals surface area (Å²) in [5.74, 6) is 2.05. The number of methoxy groups -OCH3 is 5. The molecule has 180 valence electrons. The number of H-pyrrole nitrogens is 1. The van der Waals surface area contributed by atoms with Gasteiger partial charge >= 0.3 is 5.97 Å². The van der Waals surface area contributed by atoms with E-state index in [2.05, 4.69) is 15.3 Å². The third-order valence-electron chi connectivity index (χ3n) is 4.62. The van der Waals surface area contributed by atoms with Gasteiger partial charge in [0.15, 0.2) is 28.8 Å². The molecule has 0 atom stereocenters. The molecule has 0 amide bonds. The molecule has 3 aromatic rings. The Bertz CT molecular complexity index is 1230. The molecule has 2 aromatic carbocycles. The molecule has 0 radical (unpaired) electrons. The summed E-state index contributed by atoms with van der Waals surface area (Å²) < 4.78 is 33.8. The maximum Gasteiger partial charge on any atom is 0.308 e. The lowest BCUT2D eigenvalue weighted by Gasteiger charge is -2.14. The zero-order valence-electron chi connectivity index (χ0n) is 19.5. The number of hydrogen-bond donors (Lipinski definition) is 1. The Morgan fingerprint density at radius 2 is 1.44 bits per heavy atom. The van der Waals surface area contributed by atoms with Crippen molar-refractivity contribution >= 4 is 24.4 Å². The number of carbonyl (C=O) groups is 1. The highest BCUT2D eigenvalue weighted by atomic mass is 32.1. The van der Waals surface area contributed by atoms with Crippen molar-refractivity contribution in [3.63, 3.8) is 0 Å². The van der Waals surface area contributed by atoms with Gasteiger partial charge < -0.3 is 28.4 Å². The Labute approximate surface area is 200 Å². The summed E-state index contributed by atoms with van der Waals surface area (Å²) in [5, 5.41) is 11.5. The molecule has 34 heavy (non-hydrogen) atoms. The van der Waals surface area contributed by atoms with E-state index < -0.39 is 5.97 Å². The molecule has 0 bridgehead atoms. The molecule has 1 aromatic heterocycles. The zero-order valence-corrected chi connectivity index (χ0v) is 20.3. The van der Waals surface area contributed by atoms with Crippen molar-refractivity contribution in [2.75, 3.05) is 35.5 Å². The van der Waals surface area contributed by atoms with Crippen LogP contribution in [-0.2, 0) is 4.79 Å². The highest BCUT2D eigenvalue weighted by Crippen LogP contribution is 2.41. The molecule has 0 saturated heterocycles. The number of aromatic nitrogens is 3. The number of ether oxygens (including phenoxy) is 6. The Kier molecular flexibility index (Phi) is 7.74. The van der Waals surface area contributed by atoms with E-state index >= 15 is 0 Å². The van der Waals surface area contributed by atoms with Crippen molar-refractivity contribution in [1.29, 1.82) is 0 Å². The molecule has 0 spiro atoms. The van der Waals surface area contributed by atoms with Crippen molar-refractivity contribution < 1.29 is 33.2 Å². The summed E-state index contributed by atoms with van der Waals surface area (Å²) in [4.78, 5) is 11.4. The van der Waals surface area contributed by atoms with E-state index in [-0.39, 0.29) is 10.5 Å². The zero-order chi connectivity index (χ0) is 24.8.